The molecule has 2 rings (SSSR count). The van der Waals surface area contributed by atoms with Gasteiger partial charge in [0.1, 0.15) is 16.9 Å². The van der Waals surface area contributed by atoms with Crippen molar-refractivity contribution in [3.05, 3.63) is 40.4 Å². The maximum Gasteiger partial charge on any atom is 0.368 e. The van der Waals surface area contributed by atoms with E-state index in [2.05, 4.69) is 0 Å². The highest BCUT2D eigenvalue weighted by Crippen LogP contribution is 2.49. The molecule has 0 saturated heterocycles. The molecule has 0 bridgehead atoms. The monoisotopic (exact) mass is 364 g/mol. The molecule has 0 aliphatic carbocycles. The molecule has 0 atom stereocenters. The summed E-state index contributed by atoms with van der Waals surface area (Å²) >= 11 is 5.35. The Labute approximate surface area is 145 Å². The summed E-state index contributed by atoms with van der Waals surface area (Å²) < 4.78 is 29.2. The summed E-state index contributed by atoms with van der Waals surface area (Å²) in [7, 11) is -3.77. The lowest BCUT2D eigenvalue weighted by molar-refractivity contribution is 0.229. The van der Waals surface area contributed by atoms with Crippen LogP contribution < -0.4 is 11.0 Å². The van der Waals surface area contributed by atoms with Gasteiger partial charge in [-0.2, -0.15) is 5.26 Å². The molecular weight excluding hydrogens is 347 g/mol. The number of anilines is 1. The molecule has 2 aromatic rings. The molecule has 0 unspecified atom stereocenters. The topological polar surface area (TPSA) is 98.5 Å². The second kappa shape index (κ2) is 7.73. The van der Waals surface area contributed by atoms with Gasteiger partial charge in [0.2, 0.25) is 5.88 Å². The van der Waals surface area contributed by atoms with E-state index < -0.39 is 7.60 Å². The zero-order chi connectivity index (χ0) is 17.7. The van der Waals surface area contributed by atoms with Gasteiger partial charge in [0.15, 0.2) is 5.76 Å². The fourth-order valence-corrected chi connectivity index (χ4v) is 4.47. The van der Waals surface area contributed by atoms with Crippen molar-refractivity contribution in [2.45, 2.75) is 13.8 Å². The lowest BCUT2D eigenvalue weighted by atomic mass is 10.1. The largest absolute Gasteiger partial charge is 0.438 e. The van der Waals surface area contributed by atoms with E-state index in [0.717, 1.165) is 0 Å². The van der Waals surface area contributed by atoms with Crippen molar-refractivity contribution in [3.8, 4) is 17.4 Å². The van der Waals surface area contributed by atoms with E-state index in [1.54, 1.807) is 38.1 Å². The Balaban J connectivity index is 2.77. The van der Waals surface area contributed by atoms with Crippen LogP contribution in [0.2, 0.25) is 0 Å². The smallest absolute Gasteiger partial charge is 0.368 e. The van der Waals surface area contributed by atoms with Gasteiger partial charge in [-0.1, -0.05) is 42.5 Å². The number of nitrogens with two attached hydrogens (primary N) is 1. The normalized spacial score (nSPS) is 11.2. The number of nitrogen functional groups attached to an aromatic ring is 1. The minimum atomic E-state index is -3.77. The molecule has 0 aliphatic rings. The molecule has 24 heavy (non-hydrogen) atoms. The van der Waals surface area contributed by atoms with Gasteiger partial charge in [-0.15, -0.1) is 0 Å². The second-order valence-electron chi connectivity index (χ2n) is 4.66. The minimum absolute atomic E-state index is 0.0188. The predicted molar refractivity (Wildman–Crippen MR) is 94.6 cm³/mol. The van der Waals surface area contributed by atoms with Crippen LogP contribution in [0.1, 0.15) is 19.4 Å². The Morgan fingerprint density at radius 3 is 2.33 bits per heavy atom. The molecule has 8 heteroatoms. The van der Waals surface area contributed by atoms with Crippen molar-refractivity contribution in [1.29, 1.82) is 5.26 Å². The number of nitriles is 1. The molecule has 2 N–H and O–H groups in total. The van der Waals surface area contributed by atoms with Crippen molar-refractivity contribution in [2.24, 2.45) is 0 Å². The maximum absolute atomic E-state index is 13.0. The Morgan fingerprint density at radius 1 is 1.25 bits per heavy atom. The quantitative estimate of drug-likeness (QED) is 0.610. The molecule has 0 fully saturated rings. The zero-order valence-electron chi connectivity index (χ0n) is 13.3. The van der Waals surface area contributed by atoms with Gasteiger partial charge in [0.05, 0.1) is 17.7 Å². The summed E-state index contributed by atoms with van der Waals surface area (Å²) in [5.41, 5.74) is 6.66. The maximum atomic E-state index is 13.0. The fourth-order valence-electron chi connectivity index (χ4n) is 2.20. The number of nitrogens with zero attached hydrogens (tertiary/aromatic N) is 1. The summed E-state index contributed by atoms with van der Waals surface area (Å²) in [6, 6.07) is 11.0. The number of hydrogen-bond donors (Lipinski definition) is 1. The standard InChI is InChI=1S/C16H17N2O4PS/c1-3-20-23(19,21-4-2)14-15(24)12(10-17)13(22-16(14)18)11-8-6-5-7-9-11/h5-9H,3-4,18H2,1-2H3. The van der Waals surface area contributed by atoms with Gasteiger partial charge in [-0.3, -0.25) is 4.57 Å². The average molecular weight is 364 g/mol. The van der Waals surface area contributed by atoms with Crippen LogP contribution in [0.25, 0.3) is 11.3 Å². The first-order chi connectivity index (χ1) is 11.5. The molecule has 0 spiro atoms. The summed E-state index contributed by atoms with van der Waals surface area (Å²) in [5, 5.41) is 9.44. The van der Waals surface area contributed by atoms with Crippen LogP contribution in [0, 0.1) is 15.8 Å². The Bertz CT molecular complexity index is 864. The van der Waals surface area contributed by atoms with E-state index in [4.69, 9.17) is 31.4 Å². The van der Waals surface area contributed by atoms with Gasteiger partial charge in [-0.25, -0.2) is 0 Å². The number of rotatable bonds is 6. The van der Waals surface area contributed by atoms with Crippen LogP contribution in [0.4, 0.5) is 5.88 Å². The first-order valence-electron chi connectivity index (χ1n) is 7.30. The van der Waals surface area contributed by atoms with E-state index in [1.165, 1.54) is 0 Å². The summed E-state index contributed by atoms with van der Waals surface area (Å²) in [4.78, 5) is 0. The first kappa shape index (κ1) is 18.4. The Morgan fingerprint density at radius 2 is 1.83 bits per heavy atom. The van der Waals surface area contributed by atoms with E-state index >= 15 is 0 Å². The minimum Gasteiger partial charge on any atom is -0.438 e. The zero-order valence-corrected chi connectivity index (χ0v) is 15.0. The Hall–Kier alpha value is -1.97. The summed E-state index contributed by atoms with van der Waals surface area (Å²) in [6.07, 6.45) is 0. The van der Waals surface area contributed by atoms with E-state index in [1.807, 2.05) is 12.1 Å². The van der Waals surface area contributed by atoms with Crippen molar-refractivity contribution in [3.63, 3.8) is 0 Å². The predicted octanol–water partition coefficient (Wildman–Crippen LogP) is 4.02. The molecule has 1 aromatic carbocycles. The second-order valence-corrected chi connectivity index (χ2v) is 7.03. The molecule has 1 aromatic heterocycles. The van der Waals surface area contributed by atoms with Crippen molar-refractivity contribution in [2.75, 3.05) is 18.9 Å². The Kier molecular flexibility index (Phi) is 5.92. The van der Waals surface area contributed by atoms with Crippen LogP contribution in [0.15, 0.2) is 34.7 Å². The molecule has 6 nitrogen and oxygen atoms in total. The van der Waals surface area contributed by atoms with E-state index in [0.29, 0.717) is 5.56 Å². The van der Waals surface area contributed by atoms with E-state index in [9.17, 15) is 9.83 Å². The van der Waals surface area contributed by atoms with Crippen LogP contribution in [-0.4, -0.2) is 13.2 Å². The van der Waals surface area contributed by atoms with Gasteiger partial charge >= 0.3 is 7.60 Å². The molecular formula is C16H17N2O4PS. The molecule has 0 amide bonds. The highest BCUT2D eigenvalue weighted by Gasteiger charge is 2.34. The average Bonchev–Trinajstić information content (AvgIpc) is 2.55. The summed E-state index contributed by atoms with van der Waals surface area (Å²) in [5.74, 6) is 0.0481. The van der Waals surface area contributed by atoms with Crippen molar-refractivity contribution < 1.29 is 18.0 Å². The molecule has 0 radical (unpaired) electrons. The van der Waals surface area contributed by atoms with Gasteiger partial charge in [0, 0.05) is 5.56 Å². The lowest BCUT2D eigenvalue weighted by Crippen LogP contribution is -2.18. The van der Waals surface area contributed by atoms with Crippen LogP contribution in [0.3, 0.4) is 0 Å². The van der Waals surface area contributed by atoms with Gasteiger partial charge < -0.3 is 19.2 Å². The van der Waals surface area contributed by atoms with Gasteiger partial charge in [0.25, 0.3) is 0 Å². The first-order valence-corrected chi connectivity index (χ1v) is 9.25. The van der Waals surface area contributed by atoms with Crippen molar-refractivity contribution in [1.82, 2.24) is 0 Å². The fraction of sp³-hybridized carbons (Fsp3) is 0.250. The van der Waals surface area contributed by atoms with Gasteiger partial charge in [-0.05, 0) is 13.8 Å². The van der Waals surface area contributed by atoms with Crippen molar-refractivity contribution >= 4 is 31.0 Å². The highest BCUT2D eigenvalue weighted by atomic mass is 32.1. The lowest BCUT2D eigenvalue weighted by Gasteiger charge is -2.19. The highest BCUT2D eigenvalue weighted by molar-refractivity contribution is 7.73. The van der Waals surface area contributed by atoms with Crippen LogP contribution in [-0.2, 0) is 13.6 Å². The number of benzene rings is 1. The summed E-state index contributed by atoms with van der Waals surface area (Å²) in [6.45, 7) is 3.61. The third-order valence-electron chi connectivity index (χ3n) is 3.13. The third-order valence-corrected chi connectivity index (χ3v) is 5.88. The van der Waals surface area contributed by atoms with E-state index in [-0.39, 0.29) is 40.2 Å². The van der Waals surface area contributed by atoms with Crippen LogP contribution in [0.5, 0.6) is 0 Å². The SMILES string of the molecule is CCOP(=O)(OCC)c1c(N)oc(-c2ccccc2)c(C#N)c1=S. The molecule has 0 saturated carbocycles. The number of hydrogen-bond acceptors (Lipinski definition) is 7. The molecule has 126 valence electrons. The molecule has 0 aliphatic heterocycles. The molecule has 1 heterocycles. The third kappa shape index (κ3) is 3.42. The van der Waals surface area contributed by atoms with Crippen LogP contribution >= 0.6 is 19.8 Å².